The summed E-state index contributed by atoms with van der Waals surface area (Å²) >= 11 is 0. The van der Waals surface area contributed by atoms with Crippen molar-refractivity contribution in [3.63, 3.8) is 0 Å². The smallest absolute Gasteiger partial charge is 0.334 e. The summed E-state index contributed by atoms with van der Waals surface area (Å²) in [5.41, 5.74) is -0.102. The lowest BCUT2D eigenvalue weighted by Crippen LogP contribution is -2.48. The Morgan fingerprint density at radius 2 is 1.61 bits per heavy atom. The van der Waals surface area contributed by atoms with Gasteiger partial charge in [0.2, 0.25) is 0 Å². The number of carbonyl (C=O) groups is 1. The normalized spacial score (nSPS) is 11.7. The van der Waals surface area contributed by atoms with Crippen molar-refractivity contribution >= 4 is 5.97 Å². The fourth-order valence-corrected chi connectivity index (χ4v) is 1.73. The molecule has 0 N–H and O–H groups in total. The Morgan fingerprint density at radius 1 is 1.17 bits per heavy atom. The van der Waals surface area contributed by atoms with Gasteiger partial charge in [0, 0.05) is 18.7 Å². The molecule has 0 fully saturated rings. The molecule has 0 aromatic carbocycles. The van der Waals surface area contributed by atoms with Crippen LogP contribution >= 0.6 is 0 Å². The molecule has 0 saturated carbocycles. The molecule has 0 rings (SSSR count). The van der Waals surface area contributed by atoms with Crippen molar-refractivity contribution < 1.29 is 9.53 Å². The van der Waals surface area contributed by atoms with E-state index in [9.17, 15) is 4.79 Å². The first-order chi connectivity index (χ1) is 8.35. The lowest BCUT2D eigenvalue weighted by atomic mass is 10.2. The zero-order chi connectivity index (χ0) is 14.2. The lowest BCUT2D eigenvalue weighted by Gasteiger charge is -2.38. The van der Waals surface area contributed by atoms with Crippen LogP contribution < -0.4 is 0 Å². The van der Waals surface area contributed by atoms with Gasteiger partial charge < -0.3 is 4.74 Å². The average molecular weight is 255 g/mol. The Balaban J connectivity index is 4.60. The molecule has 3 heteroatoms. The summed E-state index contributed by atoms with van der Waals surface area (Å²) < 4.78 is 5.54. The molecule has 0 aliphatic carbocycles. The van der Waals surface area contributed by atoms with Crippen LogP contribution in [0.15, 0.2) is 12.2 Å². The van der Waals surface area contributed by atoms with Crippen LogP contribution in [-0.4, -0.2) is 29.7 Å². The maximum absolute atomic E-state index is 11.7. The third kappa shape index (κ3) is 6.20. The summed E-state index contributed by atoms with van der Waals surface area (Å²) in [6.07, 6.45) is 4.54. The second-order valence-corrected chi connectivity index (χ2v) is 5.31. The maximum atomic E-state index is 11.7. The number of hydrogen-bond acceptors (Lipinski definition) is 3. The van der Waals surface area contributed by atoms with Gasteiger partial charge in [0.1, 0.15) is 0 Å². The molecule has 0 bridgehead atoms. The number of esters is 1. The molecule has 0 unspecified atom stereocenters. The zero-order valence-electron chi connectivity index (χ0n) is 12.7. The lowest BCUT2D eigenvalue weighted by molar-refractivity contribution is -0.172. The molecular formula is C15H29NO2. The summed E-state index contributed by atoms with van der Waals surface area (Å²) in [5.74, 6) is -0.307. The highest BCUT2D eigenvalue weighted by molar-refractivity contribution is 5.87. The van der Waals surface area contributed by atoms with Gasteiger partial charge in [-0.3, -0.25) is 4.90 Å². The predicted octanol–water partition coefficient (Wildman–Crippen LogP) is 3.74. The van der Waals surface area contributed by atoms with E-state index in [1.54, 1.807) is 6.92 Å². The molecule has 0 aromatic rings. The van der Waals surface area contributed by atoms with E-state index in [2.05, 4.69) is 25.3 Å². The minimum Gasteiger partial charge on any atom is -0.441 e. The molecule has 0 heterocycles. The Labute approximate surface area is 112 Å². The van der Waals surface area contributed by atoms with Crippen molar-refractivity contribution in [2.45, 2.75) is 66.0 Å². The Hall–Kier alpha value is -0.830. The van der Waals surface area contributed by atoms with Crippen LogP contribution in [0.25, 0.3) is 0 Å². The van der Waals surface area contributed by atoms with Crippen molar-refractivity contribution in [3.05, 3.63) is 12.2 Å². The van der Waals surface area contributed by atoms with Gasteiger partial charge in [-0.15, -0.1) is 0 Å². The van der Waals surface area contributed by atoms with Gasteiger partial charge in [-0.05, 0) is 33.6 Å². The van der Waals surface area contributed by atoms with Gasteiger partial charge in [0.15, 0.2) is 5.72 Å². The average Bonchev–Trinajstić information content (AvgIpc) is 2.28. The number of rotatable bonds is 9. The third-order valence-corrected chi connectivity index (χ3v) is 3.02. The number of ether oxygens (including phenoxy) is 1. The first kappa shape index (κ1) is 17.2. The first-order valence-corrected chi connectivity index (χ1v) is 6.99. The largest absolute Gasteiger partial charge is 0.441 e. The standard InChI is InChI=1S/C15H29NO2/c1-7-9-11-16(12-10-8-2)15(5,6)18-14(17)13(3)4/h3,7-12H2,1-2,4-6H3. The Kier molecular flexibility index (Phi) is 7.92. The van der Waals surface area contributed by atoms with Gasteiger partial charge in [-0.25, -0.2) is 4.79 Å². The summed E-state index contributed by atoms with van der Waals surface area (Å²) in [5, 5.41) is 0. The SMILES string of the molecule is C=C(C)C(=O)OC(C)(C)N(CCCC)CCCC. The molecule has 106 valence electrons. The molecule has 3 nitrogen and oxygen atoms in total. The molecule has 0 aliphatic rings. The van der Waals surface area contributed by atoms with Crippen LogP contribution in [0.5, 0.6) is 0 Å². The van der Waals surface area contributed by atoms with Crippen LogP contribution in [0, 0.1) is 0 Å². The number of carbonyl (C=O) groups excluding carboxylic acids is 1. The van der Waals surface area contributed by atoms with Gasteiger partial charge in [-0.2, -0.15) is 0 Å². The zero-order valence-corrected chi connectivity index (χ0v) is 12.7. The summed E-state index contributed by atoms with van der Waals surface area (Å²) in [4.78, 5) is 13.9. The second-order valence-electron chi connectivity index (χ2n) is 5.31. The fourth-order valence-electron chi connectivity index (χ4n) is 1.73. The molecular weight excluding hydrogens is 226 g/mol. The highest BCUT2D eigenvalue weighted by Gasteiger charge is 2.30. The van der Waals surface area contributed by atoms with E-state index in [-0.39, 0.29) is 5.97 Å². The van der Waals surface area contributed by atoms with Crippen LogP contribution in [0.2, 0.25) is 0 Å². The number of unbranched alkanes of at least 4 members (excludes halogenated alkanes) is 2. The highest BCUT2D eigenvalue weighted by atomic mass is 16.6. The molecule has 0 radical (unpaired) electrons. The van der Waals surface area contributed by atoms with E-state index in [0.717, 1.165) is 38.8 Å². The summed E-state index contributed by atoms with van der Waals surface area (Å²) in [6.45, 7) is 15.5. The Morgan fingerprint density at radius 3 is 1.94 bits per heavy atom. The topological polar surface area (TPSA) is 29.5 Å². The van der Waals surface area contributed by atoms with Gasteiger partial charge in [0.25, 0.3) is 0 Å². The van der Waals surface area contributed by atoms with Crippen LogP contribution in [0.3, 0.4) is 0 Å². The quantitative estimate of drug-likeness (QED) is 0.357. The van der Waals surface area contributed by atoms with Crippen molar-refractivity contribution in [1.29, 1.82) is 0 Å². The summed E-state index contributed by atoms with van der Waals surface area (Å²) in [7, 11) is 0. The first-order valence-electron chi connectivity index (χ1n) is 6.99. The number of hydrogen-bond donors (Lipinski definition) is 0. The molecule has 0 aromatic heterocycles. The second kappa shape index (κ2) is 8.30. The van der Waals surface area contributed by atoms with E-state index in [1.165, 1.54) is 0 Å². The van der Waals surface area contributed by atoms with E-state index in [4.69, 9.17) is 4.74 Å². The van der Waals surface area contributed by atoms with E-state index < -0.39 is 5.72 Å². The third-order valence-electron chi connectivity index (χ3n) is 3.02. The molecule has 0 aliphatic heterocycles. The molecule has 0 amide bonds. The van der Waals surface area contributed by atoms with Crippen LogP contribution in [-0.2, 0) is 9.53 Å². The van der Waals surface area contributed by atoms with E-state index in [0.29, 0.717) is 5.57 Å². The van der Waals surface area contributed by atoms with Crippen molar-refractivity contribution in [2.75, 3.05) is 13.1 Å². The highest BCUT2D eigenvalue weighted by Crippen LogP contribution is 2.19. The summed E-state index contributed by atoms with van der Waals surface area (Å²) in [6, 6.07) is 0. The Bertz CT molecular complexity index is 264. The van der Waals surface area contributed by atoms with Crippen molar-refractivity contribution in [3.8, 4) is 0 Å². The van der Waals surface area contributed by atoms with E-state index >= 15 is 0 Å². The fraction of sp³-hybridized carbons (Fsp3) is 0.800. The van der Waals surface area contributed by atoms with Gasteiger partial charge in [0.05, 0.1) is 0 Å². The minimum atomic E-state index is -0.555. The van der Waals surface area contributed by atoms with Gasteiger partial charge >= 0.3 is 5.97 Å². The predicted molar refractivity (Wildman–Crippen MR) is 76.4 cm³/mol. The molecule has 0 saturated heterocycles. The molecule has 0 spiro atoms. The van der Waals surface area contributed by atoms with Crippen molar-refractivity contribution in [1.82, 2.24) is 4.90 Å². The molecule has 18 heavy (non-hydrogen) atoms. The van der Waals surface area contributed by atoms with E-state index in [1.807, 2.05) is 13.8 Å². The van der Waals surface area contributed by atoms with Crippen molar-refractivity contribution in [2.24, 2.45) is 0 Å². The maximum Gasteiger partial charge on any atom is 0.334 e. The minimum absolute atomic E-state index is 0.307. The monoisotopic (exact) mass is 255 g/mol. The van der Waals surface area contributed by atoms with Crippen LogP contribution in [0.4, 0.5) is 0 Å². The number of nitrogens with zero attached hydrogens (tertiary/aromatic N) is 1. The van der Waals surface area contributed by atoms with Crippen LogP contribution in [0.1, 0.15) is 60.3 Å². The molecule has 0 atom stereocenters. The van der Waals surface area contributed by atoms with Gasteiger partial charge in [-0.1, -0.05) is 33.3 Å².